The van der Waals surface area contributed by atoms with E-state index in [1.165, 1.54) is 12.8 Å². The highest BCUT2D eigenvalue weighted by molar-refractivity contribution is 5.93. The molecule has 2 saturated carbocycles. The second-order valence-electron chi connectivity index (χ2n) is 11.7. The van der Waals surface area contributed by atoms with Gasteiger partial charge in [0.1, 0.15) is 11.8 Å². The third-order valence-electron chi connectivity index (χ3n) is 7.67. The number of nitrogens with one attached hydrogen (secondary N) is 1. The highest BCUT2D eigenvalue weighted by Crippen LogP contribution is 2.50. The molecule has 1 atom stereocenters. The Morgan fingerprint density at radius 2 is 1.81 bits per heavy atom. The number of benzene rings is 1. The number of ether oxygens (including phenoxy) is 1. The number of carbonyl (C=O) groups is 3. The number of hydrogen-bond donors (Lipinski definition) is 2. The van der Waals surface area contributed by atoms with E-state index in [-0.39, 0.29) is 23.7 Å². The van der Waals surface area contributed by atoms with Gasteiger partial charge in [-0.25, -0.2) is 0 Å². The summed E-state index contributed by atoms with van der Waals surface area (Å²) in [6.45, 7) is 3.76. The first-order valence-electron chi connectivity index (χ1n) is 14.1. The molecule has 37 heavy (non-hydrogen) atoms. The lowest BCUT2D eigenvalue weighted by molar-refractivity contribution is -0.132. The average Bonchev–Trinajstić information content (AvgIpc) is 3.38. The molecule has 1 aromatic carbocycles. The summed E-state index contributed by atoms with van der Waals surface area (Å²) in [7, 11) is 0. The molecule has 0 aromatic heterocycles. The van der Waals surface area contributed by atoms with Crippen molar-refractivity contribution in [1.29, 1.82) is 0 Å². The summed E-state index contributed by atoms with van der Waals surface area (Å²) in [5.41, 5.74) is 5.80. The molecule has 2 aliphatic carbocycles. The molecule has 3 rings (SSSR count). The fourth-order valence-corrected chi connectivity index (χ4v) is 4.98. The average molecular weight is 511 g/mol. The van der Waals surface area contributed by atoms with Crippen LogP contribution in [0.25, 0.3) is 0 Å². The molecule has 2 fully saturated rings. The molecule has 3 N–H and O–H groups in total. The van der Waals surface area contributed by atoms with Crippen LogP contribution in [0.2, 0.25) is 0 Å². The van der Waals surface area contributed by atoms with Crippen molar-refractivity contribution in [1.82, 2.24) is 5.32 Å². The topological polar surface area (TPSA) is 98.5 Å². The predicted molar refractivity (Wildman–Crippen MR) is 147 cm³/mol. The monoisotopic (exact) mass is 510 g/mol. The quantitative estimate of drug-likeness (QED) is 0.215. The molecular weight excluding hydrogens is 464 g/mol. The number of hydrogen-bond acceptors (Lipinski definition) is 5. The number of carbonyl (C=O) groups excluding carboxylic acids is 3. The molecule has 0 radical (unpaired) electrons. The summed E-state index contributed by atoms with van der Waals surface area (Å²) in [5, 5.41) is 2.82. The molecule has 6 heteroatoms. The first kappa shape index (κ1) is 29.2. The lowest BCUT2D eigenvalue weighted by Gasteiger charge is -2.24. The molecule has 0 aliphatic heterocycles. The van der Waals surface area contributed by atoms with E-state index in [4.69, 9.17) is 10.5 Å². The molecule has 0 heterocycles. The second kappa shape index (κ2) is 14.0. The molecule has 1 amide bonds. The van der Waals surface area contributed by atoms with Crippen LogP contribution in [0.5, 0.6) is 0 Å². The second-order valence-corrected chi connectivity index (χ2v) is 11.7. The zero-order valence-electron chi connectivity index (χ0n) is 22.8. The Hall–Kier alpha value is -2.31. The summed E-state index contributed by atoms with van der Waals surface area (Å²) in [6.07, 6.45) is 16.2. The third kappa shape index (κ3) is 10.2. The number of Topliss-reactive ketones (excluding diaryl/α,β-unsaturated/α-hetero) is 2. The van der Waals surface area contributed by atoms with E-state index < -0.39 is 11.6 Å². The standard InChI is InChI=1S/C31H46N2O4/c1-30(2,32)29(36)33-26(23-37-22-24-13-7-6-8-14-24)28(35)21-31(19-20-31)18-12-5-3-4-9-17-27(34)25-15-10-11-16-25/h6-8,12-14,18,25-26H,3-5,9-11,15-17,19-23,32H2,1-2H3,(H,33,36)/b18-12-/t26-/m1/s1. The zero-order chi connectivity index (χ0) is 26.7. The van der Waals surface area contributed by atoms with E-state index in [0.717, 1.165) is 63.4 Å². The van der Waals surface area contributed by atoms with Crippen LogP contribution >= 0.6 is 0 Å². The van der Waals surface area contributed by atoms with Gasteiger partial charge in [-0.15, -0.1) is 0 Å². The van der Waals surface area contributed by atoms with Crippen LogP contribution in [0.1, 0.15) is 96.5 Å². The summed E-state index contributed by atoms with van der Waals surface area (Å²) >= 11 is 0. The zero-order valence-corrected chi connectivity index (χ0v) is 22.8. The predicted octanol–water partition coefficient (Wildman–Crippen LogP) is 5.43. The van der Waals surface area contributed by atoms with Crippen molar-refractivity contribution in [3.05, 3.63) is 48.0 Å². The first-order valence-corrected chi connectivity index (χ1v) is 14.1. The van der Waals surface area contributed by atoms with Gasteiger partial charge in [0.05, 0.1) is 18.8 Å². The Balaban J connectivity index is 1.42. The third-order valence-corrected chi connectivity index (χ3v) is 7.67. The van der Waals surface area contributed by atoms with Crippen molar-refractivity contribution in [2.45, 2.75) is 109 Å². The van der Waals surface area contributed by atoms with Gasteiger partial charge < -0.3 is 15.8 Å². The minimum atomic E-state index is -1.07. The molecule has 0 unspecified atom stereocenters. The number of allylic oxidation sites excluding steroid dienone is 2. The lowest BCUT2D eigenvalue weighted by atomic mass is 9.94. The molecule has 204 valence electrons. The van der Waals surface area contributed by atoms with Gasteiger partial charge >= 0.3 is 0 Å². The maximum Gasteiger partial charge on any atom is 0.240 e. The largest absolute Gasteiger partial charge is 0.374 e. The Morgan fingerprint density at radius 3 is 2.46 bits per heavy atom. The van der Waals surface area contributed by atoms with Crippen LogP contribution in [-0.2, 0) is 25.7 Å². The van der Waals surface area contributed by atoms with E-state index in [1.54, 1.807) is 13.8 Å². The van der Waals surface area contributed by atoms with Crippen LogP contribution in [-0.4, -0.2) is 35.7 Å². The van der Waals surface area contributed by atoms with E-state index in [0.29, 0.717) is 24.7 Å². The SMILES string of the molecule is CC(C)(N)C(=O)N[C@H](COCc1ccccc1)C(=O)CC1(/C=C\CCCCCC(=O)C2CCCC2)CC1. The van der Waals surface area contributed by atoms with Gasteiger partial charge in [0.25, 0.3) is 0 Å². The Labute approximate surface area is 222 Å². The van der Waals surface area contributed by atoms with E-state index in [1.807, 2.05) is 30.3 Å². The van der Waals surface area contributed by atoms with Crippen molar-refractivity contribution < 1.29 is 19.1 Å². The number of rotatable bonds is 17. The fraction of sp³-hybridized carbons (Fsp3) is 0.645. The molecule has 0 spiro atoms. The maximum atomic E-state index is 13.2. The minimum absolute atomic E-state index is 0.0155. The van der Waals surface area contributed by atoms with Gasteiger partial charge in [0.15, 0.2) is 5.78 Å². The van der Waals surface area contributed by atoms with Crippen molar-refractivity contribution in [2.24, 2.45) is 17.1 Å². The number of amides is 1. The summed E-state index contributed by atoms with van der Waals surface area (Å²) < 4.78 is 5.82. The Morgan fingerprint density at radius 1 is 1.11 bits per heavy atom. The highest BCUT2D eigenvalue weighted by atomic mass is 16.5. The van der Waals surface area contributed by atoms with Crippen LogP contribution in [0.15, 0.2) is 42.5 Å². The van der Waals surface area contributed by atoms with E-state index in [9.17, 15) is 14.4 Å². The lowest BCUT2D eigenvalue weighted by Crippen LogP contribution is -2.55. The van der Waals surface area contributed by atoms with E-state index >= 15 is 0 Å². The fourth-order valence-electron chi connectivity index (χ4n) is 4.98. The number of ketones is 2. The van der Waals surface area contributed by atoms with Crippen molar-refractivity contribution >= 4 is 17.5 Å². The summed E-state index contributed by atoms with van der Waals surface area (Å²) in [5.74, 6) is 0.426. The molecule has 1 aromatic rings. The smallest absolute Gasteiger partial charge is 0.240 e. The van der Waals surface area contributed by atoms with Crippen LogP contribution in [0, 0.1) is 11.3 Å². The van der Waals surface area contributed by atoms with Crippen molar-refractivity contribution in [3.8, 4) is 0 Å². The van der Waals surface area contributed by atoms with Crippen LogP contribution in [0.3, 0.4) is 0 Å². The van der Waals surface area contributed by atoms with Gasteiger partial charge in [-0.3, -0.25) is 14.4 Å². The van der Waals surface area contributed by atoms with Crippen LogP contribution < -0.4 is 11.1 Å². The minimum Gasteiger partial charge on any atom is -0.374 e. The number of unbranched alkanes of at least 4 members (excludes halogenated alkanes) is 3. The van der Waals surface area contributed by atoms with E-state index in [2.05, 4.69) is 17.5 Å². The van der Waals surface area contributed by atoms with Gasteiger partial charge in [0.2, 0.25) is 5.91 Å². The highest BCUT2D eigenvalue weighted by Gasteiger charge is 2.43. The van der Waals surface area contributed by atoms with Crippen molar-refractivity contribution in [2.75, 3.05) is 6.61 Å². The van der Waals surface area contributed by atoms with Gasteiger partial charge in [-0.05, 0) is 69.8 Å². The van der Waals surface area contributed by atoms with Crippen molar-refractivity contribution in [3.63, 3.8) is 0 Å². The van der Waals surface area contributed by atoms with Gasteiger partial charge in [-0.2, -0.15) is 0 Å². The molecule has 6 nitrogen and oxygen atoms in total. The Bertz CT molecular complexity index is 909. The maximum absolute atomic E-state index is 13.2. The van der Waals surface area contributed by atoms with Gasteiger partial charge in [0, 0.05) is 18.8 Å². The normalized spacial score (nSPS) is 18.1. The van der Waals surface area contributed by atoms with Gasteiger partial charge in [-0.1, -0.05) is 61.7 Å². The summed E-state index contributed by atoms with van der Waals surface area (Å²) in [6, 6.07) is 9.05. The first-order chi connectivity index (χ1) is 17.7. The summed E-state index contributed by atoms with van der Waals surface area (Å²) in [4.78, 5) is 38.0. The Kier molecular flexibility index (Phi) is 11.1. The van der Waals surface area contributed by atoms with Crippen LogP contribution in [0.4, 0.5) is 0 Å². The molecule has 0 bridgehead atoms. The molecular formula is C31H46N2O4. The molecule has 0 saturated heterocycles. The molecule has 2 aliphatic rings. The number of nitrogens with two attached hydrogens (primary N) is 1.